The van der Waals surface area contributed by atoms with Crippen molar-refractivity contribution in [1.82, 2.24) is 20.2 Å². The molecule has 1 amide bonds. The van der Waals surface area contributed by atoms with E-state index >= 15 is 0 Å². The number of nitrogens with zero attached hydrogens (tertiary/aromatic N) is 4. The molecule has 4 rings (SSSR count). The van der Waals surface area contributed by atoms with Crippen LogP contribution in [0.1, 0.15) is 22.5 Å². The number of ether oxygens (including phenoxy) is 4. The minimum atomic E-state index is -0.418. The van der Waals surface area contributed by atoms with Crippen LogP contribution in [0.4, 0.5) is 5.13 Å². The summed E-state index contributed by atoms with van der Waals surface area (Å²) in [5.74, 6) is 0.0433. The lowest BCUT2D eigenvalue weighted by atomic mass is 10.00. The van der Waals surface area contributed by atoms with Crippen LogP contribution in [0.5, 0.6) is 10.9 Å². The number of halogens is 1. The van der Waals surface area contributed by atoms with E-state index in [0.29, 0.717) is 51.7 Å². The van der Waals surface area contributed by atoms with Crippen molar-refractivity contribution in [2.75, 3.05) is 32.8 Å². The van der Waals surface area contributed by atoms with Crippen LogP contribution in [0.15, 0.2) is 24.5 Å². The first-order valence-electron chi connectivity index (χ1n) is 9.64. The molecule has 1 N–H and O–H groups in total. The number of rotatable bonds is 8. The van der Waals surface area contributed by atoms with Gasteiger partial charge < -0.3 is 18.9 Å². The van der Waals surface area contributed by atoms with Gasteiger partial charge in [0.2, 0.25) is 5.13 Å². The van der Waals surface area contributed by atoms with Crippen LogP contribution in [0.25, 0.3) is 11.1 Å². The van der Waals surface area contributed by atoms with Crippen molar-refractivity contribution in [3.63, 3.8) is 0 Å². The van der Waals surface area contributed by atoms with E-state index in [-0.39, 0.29) is 17.9 Å². The summed E-state index contributed by atoms with van der Waals surface area (Å²) in [6, 6.07) is 3.38. The van der Waals surface area contributed by atoms with E-state index in [1.54, 1.807) is 19.2 Å². The van der Waals surface area contributed by atoms with E-state index < -0.39 is 5.91 Å². The fourth-order valence-electron chi connectivity index (χ4n) is 3.14. The van der Waals surface area contributed by atoms with Crippen molar-refractivity contribution in [1.29, 1.82) is 0 Å². The highest BCUT2D eigenvalue weighted by Gasteiger charge is 2.22. The number of carbonyl (C=O) groups excluding carboxylic acids is 1. The van der Waals surface area contributed by atoms with Crippen molar-refractivity contribution in [2.45, 2.75) is 19.1 Å². The summed E-state index contributed by atoms with van der Waals surface area (Å²) in [7, 11) is 3.09. The molecule has 0 saturated carbocycles. The second-order valence-electron chi connectivity index (χ2n) is 6.79. The second-order valence-corrected chi connectivity index (χ2v) is 8.12. The fourth-order valence-corrected chi connectivity index (χ4v) is 3.96. The first-order chi connectivity index (χ1) is 15.6. The Hall–Kier alpha value is -2.86. The van der Waals surface area contributed by atoms with Crippen molar-refractivity contribution >= 4 is 34.0 Å². The summed E-state index contributed by atoms with van der Waals surface area (Å²) in [6.45, 7) is 1.45. The number of hydrogen-bond acceptors (Lipinski definition) is 10. The molecular formula is C20H20ClN5O5S. The van der Waals surface area contributed by atoms with Crippen LogP contribution in [-0.2, 0) is 16.1 Å². The van der Waals surface area contributed by atoms with Crippen LogP contribution < -0.4 is 14.8 Å². The zero-order valence-corrected chi connectivity index (χ0v) is 18.9. The lowest BCUT2D eigenvalue weighted by molar-refractivity contribution is 0.102. The number of amides is 1. The van der Waals surface area contributed by atoms with Gasteiger partial charge >= 0.3 is 0 Å². The first kappa shape index (κ1) is 22.3. The molecule has 1 saturated heterocycles. The molecule has 0 bridgehead atoms. The predicted octanol–water partition coefficient (Wildman–Crippen LogP) is 3.22. The molecule has 0 unspecified atom stereocenters. The van der Waals surface area contributed by atoms with Crippen LogP contribution in [0.2, 0.25) is 5.15 Å². The molecule has 0 aromatic carbocycles. The van der Waals surface area contributed by atoms with Gasteiger partial charge in [-0.15, -0.1) is 5.10 Å². The van der Waals surface area contributed by atoms with Crippen molar-refractivity contribution in [3.8, 4) is 22.1 Å². The number of pyridine rings is 2. The maximum absolute atomic E-state index is 13.1. The lowest BCUT2D eigenvalue weighted by Gasteiger charge is -2.14. The number of aromatic nitrogens is 4. The third-order valence-electron chi connectivity index (χ3n) is 4.62. The Balaban J connectivity index is 1.62. The summed E-state index contributed by atoms with van der Waals surface area (Å²) in [6.07, 6.45) is 3.71. The second kappa shape index (κ2) is 10.2. The molecule has 168 valence electrons. The summed E-state index contributed by atoms with van der Waals surface area (Å²) in [5.41, 5.74) is 2.10. The SMILES string of the molecule is COCc1cc(-c2cc(Cl)ncc2OC)c(C(=O)Nc2nnc(O[C@@H]3CCOC3)s2)cn1. The Morgan fingerprint density at radius 2 is 2.12 bits per heavy atom. The molecular weight excluding hydrogens is 458 g/mol. The number of carbonyl (C=O) groups is 1. The highest BCUT2D eigenvalue weighted by molar-refractivity contribution is 7.17. The molecule has 1 fully saturated rings. The zero-order chi connectivity index (χ0) is 22.5. The quantitative estimate of drug-likeness (QED) is 0.488. The molecule has 1 aliphatic rings. The number of hydrogen-bond donors (Lipinski definition) is 1. The Bertz CT molecular complexity index is 1110. The number of nitrogens with one attached hydrogen (secondary N) is 1. The molecule has 12 heteroatoms. The van der Waals surface area contributed by atoms with E-state index in [4.69, 9.17) is 30.5 Å². The van der Waals surface area contributed by atoms with E-state index in [1.165, 1.54) is 19.5 Å². The number of anilines is 1. The van der Waals surface area contributed by atoms with Crippen molar-refractivity contribution < 1.29 is 23.7 Å². The third kappa shape index (κ3) is 5.13. The fraction of sp³-hybridized carbons (Fsp3) is 0.350. The maximum Gasteiger partial charge on any atom is 0.296 e. The average Bonchev–Trinajstić information content (AvgIpc) is 3.46. The van der Waals surface area contributed by atoms with Gasteiger partial charge in [0.1, 0.15) is 17.0 Å². The Kier molecular flexibility index (Phi) is 7.10. The Morgan fingerprint density at radius 3 is 2.88 bits per heavy atom. The molecule has 4 heterocycles. The Morgan fingerprint density at radius 1 is 1.25 bits per heavy atom. The minimum Gasteiger partial charge on any atom is -0.494 e. The van der Waals surface area contributed by atoms with Crippen LogP contribution in [0, 0.1) is 0 Å². The smallest absolute Gasteiger partial charge is 0.296 e. The molecule has 0 aliphatic carbocycles. The maximum atomic E-state index is 13.1. The molecule has 3 aromatic heterocycles. The van der Waals surface area contributed by atoms with E-state index in [9.17, 15) is 4.79 Å². The highest BCUT2D eigenvalue weighted by Crippen LogP contribution is 2.34. The summed E-state index contributed by atoms with van der Waals surface area (Å²) >= 11 is 7.25. The predicted molar refractivity (Wildman–Crippen MR) is 117 cm³/mol. The third-order valence-corrected chi connectivity index (χ3v) is 5.56. The van der Waals surface area contributed by atoms with Crippen LogP contribution in [0.3, 0.4) is 0 Å². The molecule has 0 radical (unpaired) electrons. The van der Waals surface area contributed by atoms with Crippen molar-refractivity contribution in [2.24, 2.45) is 0 Å². The van der Waals surface area contributed by atoms with Gasteiger partial charge in [0, 0.05) is 30.9 Å². The number of methoxy groups -OCH3 is 2. The van der Waals surface area contributed by atoms with E-state index in [0.717, 1.165) is 17.8 Å². The largest absolute Gasteiger partial charge is 0.494 e. The summed E-state index contributed by atoms with van der Waals surface area (Å²) in [4.78, 5) is 21.5. The zero-order valence-electron chi connectivity index (χ0n) is 17.3. The summed E-state index contributed by atoms with van der Waals surface area (Å²) in [5, 5.41) is 11.7. The lowest BCUT2D eigenvalue weighted by Crippen LogP contribution is -2.15. The minimum absolute atomic E-state index is 0.0560. The van der Waals surface area contributed by atoms with Gasteiger partial charge in [-0.05, 0) is 23.5 Å². The van der Waals surface area contributed by atoms with Gasteiger partial charge in [-0.2, -0.15) is 0 Å². The summed E-state index contributed by atoms with van der Waals surface area (Å²) < 4.78 is 21.6. The average molecular weight is 478 g/mol. The van der Waals surface area contributed by atoms with Gasteiger partial charge in [0.05, 0.1) is 44.4 Å². The standard InChI is InChI=1S/C20H20ClN5O5S/c1-28-9-11-5-13(14-6-17(21)23-8-16(14)29-2)15(7-22-11)18(27)24-19-25-26-20(32-19)31-12-3-4-30-10-12/h5-8,12H,3-4,9-10H2,1-2H3,(H,24,25,27)/t12-/m1/s1. The van der Waals surface area contributed by atoms with Crippen molar-refractivity contribution in [3.05, 3.63) is 40.9 Å². The molecule has 1 aliphatic heterocycles. The molecule has 3 aromatic rings. The topological polar surface area (TPSA) is 118 Å². The monoisotopic (exact) mass is 477 g/mol. The normalized spacial score (nSPS) is 15.5. The van der Waals surface area contributed by atoms with Gasteiger partial charge in [-0.3, -0.25) is 15.1 Å². The van der Waals surface area contributed by atoms with E-state index in [1.807, 2.05) is 0 Å². The Labute approximate surface area is 192 Å². The van der Waals surface area contributed by atoms with Gasteiger partial charge in [0.15, 0.2) is 0 Å². The molecule has 1 atom stereocenters. The molecule has 32 heavy (non-hydrogen) atoms. The van der Waals surface area contributed by atoms with Crippen LogP contribution in [-0.4, -0.2) is 59.6 Å². The molecule has 10 nitrogen and oxygen atoms in total. The first-order valence-corrected chi connectivity index (χ1v) is 10.8. The van der Waals surface area contributed by atoms with Gasteiger partial charge in [-0.1, -0.05) is 16.7 Å². The van der Waals surface area contributed by atoms with E-state index in [2.05, 4.69) is 25.5 Å². The van der Waals surface area contributed by atoms with Crippen LogP contribution >= 0.6 is 22.9 Å². The highest BCUT2D eigenvalue weighted by atomic mass is 35.5. The van der Waals surface area contributed by atoms with Gasteiger partial charge in [0.25, 0.3) is 11.1 Å². The molecule has 0 spiro atoms. The van der Waals surface area contributed by atoms with Gasteiger partial charge in [-0.25, -0.2) is 4.98 Å².